The lowest BCUT2D eigenvalue weighted by Gasteiger charge is -2.17. The number of hydrogen-bond acceptors (Lipinski definition) is 3. The quantitative estimate of drug-likeness (QED) is 0.644. The van der Waals surface area contributed by atoms with Gasteiger partial charge >= 0.3 is 0 Å². The Morgan fingerprint density at radius 1 is 1.05 bits per heavy atom. The maximum absolute atomic E-state index is 13.2. The van der Waals surface area contributed by atoms with Gasteiger partial charge in [-0.25, -0.2) is 14.2 Å². The Morgan fingerprint density at radius 3 is 2.42 bits per heavy atom. The van der Waals surface area contributed by atoms with Crippen molar-refractivity contribution in [2.45, 2.75) is 6.04 Å². The molecule has 2 rings (SSSR count). The first-order chi connectivity index (χ1) is 9.20. The molecule has 0 fully saturated rings. The highest BCUT2D eigenvalue weighted by Crippen LogP contribution is 2.18. The van der Waals surface area contributed by atoms with Gasteiger partial charge < -0.3 is 4.74 Å². The van der Waals surface area contributed by atoms with Crippen molar-refractivity contribution in [3.05, 3.63) is 65.7 Å². The summed E-state index contributed by atoms with van der Waals surface area (Å²) in [5.41, 5.74) is 3.05. The third kappa shape index (κ3) is 3.49. The largest absolute Gasteiger partial charge is 0.492 e. The van der Waals surface area contributed by atoms with Crippen molar-refractivity contribution in [2.75, 3.05) is 6.61 Å². The first-order valence-electron chi connectivity index (χ1n) is 5.79. The molecule has 0 radical (unpaired) electrons. The van der Waals surface area contributed by atoms with Gasteiger partial charge in [0.2, 0.25) is 0 Å². The fourth-order valence-electron chi connectivity index (χ4n) is 1.67. The highest BCUT2D eigenvalue weighted by Gasteiger charge is 2.13. The van der Waals surface area contributed by atoms with E-state index < -0.39 is 17.7 Å². The fourth-order valence-corrected chi connectivity index (χ4v) is 1.67. The second-order valence-electron chi connectivity index (χ2n) is 4.02. The van der Waals surface area contributed by atoms with E-state index in [1.165, 1.54) is 6.07 Å². The van der Waals surface area contributed by atoms with Crippen molar-refractivity contribution in [1.82, 2.24) is 5.43 Å². The summed E-state index contributed by atoms with van der Waals surface area (Å²) in [5.74, 6) is 4.31. The van der Waals surface area contributed by atoms with Crippen LogP contribution in [0.5, 0.6) is 5.75 Å². The number of nitrogens with two attached hydrogens (primary N) is 1. The lowest BCUT2D eigenvalue weighted by atomic mass is 10.1. The third-order valence-electron chi connectivity index (χ3n) is 2.71. The summed E-state index contributed by atoms with van der Waals surface area (Å²) in [4.78, 5) is 0. The van der Waals surface area contributed by atoms with Crippen LogP contribution in [-0.2, 0) is 0 Å². The van der Waals surface area contributed by atoms with Crippen molar-refractivity contribution < 1.29 is 13.5 Å². The van der Waals surface area contributed by atoms with E-state index in [0.717, 1.165) is 12.1 Å². The van der Waals surface area contributed by atoms with E-state index in [4.69, 9.17) is 10.6 Å². The Balaban J connectivity index is 2.05. The Bertz CT molecular complexity index is 534. The summed E-state index contributed by atoms with van der Waals surface area (Å²) >= 11 is 0. The summed E-state index contributed by atoms with van der Waals surface area (Å²) < 4.78 is 31.5. The van der Waals surface area contributed by atoms with Crippen molar-refractivity contribution in [3.63, 3.8) is 0 Å². The zero-order valence-corrected chi connectivity index (χ0v) is 10.1. The molecule has 19 heavy (non-hydrogen) atoms. The van der Waals surface area contributed by atoms with Crippen LogP contribution in [0.1, 0.15) is 11.6 Å². The minimum atomic E-state index is -0.905. The van der Waals surface area contributed by atoms with Gasteiger partial charge in [0.1, 0.15) is 12.4 Å². The molecule has 0 heterocycles. The van der Waals surface area contributed by atoms with Gasteiger partial charge in [0, 0.05) is 0 Å². The molecule has 3 nitrogen and oxygen atoms in total. The second kappa shape index (κ2) is 6.26. The molecule has 1 unspecified atom stereocenters. The third-order valence-corrected chi connectivity index (χ3v) is 2.71. The Kier molecular flexibility index (Phi) is 4.43. The zero-order chi connectivity index (χ0) is 13.7. The first-order valence-corrected chi connectivity index (χ1v) is 5.79. The second-order valence-corrected chi connectivity index (χ2v) is 4.02. The summed E-state index contributed by atoms with van der Waals surface area (Å²) in [6.07, 6.45) is 0. The number of rotatable bonds is 5. The minimum Gasteiger partial charge on any atom is -0.492 e. The lowest BCUT2D eigenvalue weighted by molar-refractivity contribution is 0.267. The zero-order valence-electron chi connectivity index (χ0n) is 10.1. The average molecular weight is 264 g/mol. The van der Waals surface area contributed by atoms with Crippen molar-refractivity contribution in [3.8, 4) is 5.75 Å². The smallest absolute Gasteiger partial charge is 0.159 e. The van der Waals surface area contributed by atoms with E-state index in [-0.39, 0.29) is 6.61 Å². The van der Waals surface area contributed by atoms with E-state index >= 15 is 0 Å². The maximum Gasteiger partial charge on any atom is 0.159 e. The van der Waals surface area contributed by atoms with Crippen LogP contribution in [0.3, 0.4) is 0 Å². The molecule has 0 saturated carbocycles. The normalized spacial score (nSPS) is 12.2. The summed E-state index contributed by atoms with van der Waals surface area (Å²) in [7, 11) is 0. The number of nitrogens with one attached hydrogen (secondary N) is 1. The van der Waals surface area contributed by atoms with Crippen molar-refractivity contribution >= 4 is 0 Å². The monoisotopic (exact) mass is 264 g/mol. The molecule has 1 atom stereocenters. The molecule has 0 aliphatic carbocycles. The van der Waals surface area contributed by atoms with Crippen LogP contribution in [0.2, 0.25) is 0 Å². The molecule has 0 bridgehead atoms. The Hall–Kier alpha value is -1.98. The highest BCUT2D eigenvalue weighted by molar-refractivity contribution is 5.23. The van der Waals surface area contributed by atoms with Gasteiger partial charge in [-0.05, 0) is 29.8 Å². The summed E-state index contributed by atoms with van der Waals surface area (Å²) in [5, 5.41) is 0. The molecule has 0 spiro atoms. The maximum atomic E-state index is 13.2. The number of hydrogen-bond donors (Lipinski definition) is 2. The lowest BCUT2D eigenvalue weighted by Crippen LogP contribution is -2.32. The number of halogens is 2. The highest BCUT2D eigenvalue weighted by atomic mass is 19.2. The Morgan fingerprint density at radius 2 is 1.79 bits per heavy atom. The Labute approximate surface area is 110 Å². The number of para-hydroxylation sites is 1. The van der Waals surface area contributed by atoms with Gasteiger partial charge in [-0.2, -0.15) is 0 Å². The minimum absolute atomic E-state index is 0.214. The number of hydrazine groups is 1. The van der Waals surface area contributed by atoms with Crippen LogP contribution >= 0.6 is 0 Å². The standard InChI is InChI=1S/C14H14F2N2O/c15-12-7-6-10(8-13(12)16)14(18-17)9-19-11-4-2-1-3-5-11/h1-8,14,18H,9,17H2. The van der Waals surface area contributed by atoms with Gasteiger partial charge in [-0.1, -0.05) is 24.3 Å². The molecule has 5 heteroatoms. The van der Waals surface area contributed by atoms with Crippen molar-refractivity contribution in [1.29, 1.82) is 0 Å². The van der Waals surface area contributed by atoms with E-state index in [0.29, 0.717) is 11.3 Å². The molecule has 2 aromatic rings. The van der Waals surface area contributed by atoms with Gasteiger partial charge in [0.15, 0.2) is 11.6 Å². The molecule has 0 saturated heterocycles. The van der Waals surface area contributed by atoms with E-state index in [2.05, 4.69) is 5.43 Å². The van der Waals surface area contributed by atoms with Crippen LogP contribution in [-0.4, -0.2) is 6.61 Å². The molecule has 3 N–H and O–H groups in total. The first kappa shape index (κ1) is 13.5. The topological polar surface area (TPSA) is 47.3 Å². The average Bonchev–Trinajstić information content (AvgIpc) is 2.44. The van der Waals surface area contributed by atoms with Gasteiger partial charge in [0.25, 0.3) is 0 Å². The van der Waals surface area contributed by atoms with Gasteiger partial charge in [-0.15, -0.1) is 0 Å². The van der Waals surface area contributed by atoms with Crippen LogP contribution in [0.25, 0.3) is 0 Å². The van der Waals surface area contributed by atoms with Crippen LogP contribution in [0, 0.1) is 11.6 Å². The summed E-state index contributed by atoms with van der Waals surface area (Å²) in [6, 6.07) is 12.4. The van der Waals surface area contributed by atoms with Crippen LogP contribution < -0.4 is 16.0 Å². The van der Waals surface area contributed by atoms with E-state index in [9.17, 15) is 8.78 Å². The molecular formula is C14H14F2N2O. The van der Waals surface area contributed by atoms with Crippen molar-refractivity contribution in [2.24, 2.45) is 5.84 Å². The molecule has 2 aromatic carbocycles. The van der Waals surface area contributed by atoms with Gasteiger partial charge in [0.05, 0.1) is 6.04 Å². The summed E-state index contributed by atoms with van der Waals surface area (Å²) in [6.45, 7) is 0.214. The molecule has 0 aliphatic rings. The van der Waals surface area contributed by atoms with E-state index in [1.54, 1.807) is 12.1 Å². The predicted octanol–water partition coefficient (Wildman–Crippen LogP) is 2.55. The van der Waals surface area contributed by atoms with Gasteiger partial charge in [-0.3, -0.25) is 5.84 Å². The van der Waals surface area contributed by atoms with Crippen LogP contribution in [0.15, 0.2) is 48.5 Å². The predicted molar refractivity (Wildman–Crippen MR) is 68.4 cm³/mol. The number of benzene rings is 2. The molecule has 0 aliphatic heterocycles. The van der Waals surface area contributed by atoms with Crippen LogP contribution in [0.4, 0.5) is 8.78 Å². The fraction of sp³-hybridized carbons (Fsp3) is 0.143. The number of ether oxygens (including phenoxy) is 1. The molecule has 100 valence electrons. The van der Waals surface area contributed by atoms with E-state index in [1.807, 2.05) is 18.2 Å². The molecule has 0 amide bonds. The molecular weight excluding hydrogens is 250 g/mol. The SMILES string of the molecule is NNC(COc1ccccc1)c1ccc(F)c(F)c1. The molecule has 0 aromatic heterocycles.